The molecule has 0 unspecified atom stereocenters. The maximum absolute atomic E-state index is 5.82. The van der Waals surface area contributed by atoms with E-state index in [0.29, 0.717) is 29.6 Å². The molecule has 4 aliphatic rings. The molecule has 0 aromatic rings. The van der Waals surface area contributed by atoms with Crippen molar-refractivity contribution in [3.63, 3.8) is 0 Å². The van der Waals surface area contributed by atoms with Gasteiger partial charge in [-0.3, -0.25) is 4.90 Å². The Bertz CT molecular complexity index is 420. The van der Waals surface area contributed by atoms with Crippen LogP contribution in [0.3, 0.4) is 0 Å². The third-order valence-corrected chi connectivity index (χ3v) is 4.93. The Balaban J connectivity index is 1.34. The molecule has 3 nitrogen and oxygen atoms in total. The largest absolute Gasteiger partial charge is 0.373 e. The van der Waals surface area contributed by atoms with Gasteiger partial charge in [0.05, 0.1) is 18.3 Å². The van der Waals surface area contributed by atoms with Gasteiger partial charge in [-0.15, -0.1) is 0 Å². The highest BCUT2D eigenvalue weighted by Gasteiger charge is 2.67. The standard InChI is InChI=1S/C18H29NO2/c1-14(2)20-7-5-6-17-10-18(11-17,12-17)13-19-8-16(9-19)21-15(3)4/h14-16H,7-13H2,1-4H3. The van der Waals surface area contributed by atoms with Gasteiger partial charge in [0, 0.05) is 25.0 Å². The second-order valence-electron chi connectivity index (χ2n) is 7.97. The smallest absolute Gasteiger partial charge is 0.108 e. The van der Waals surface area contributed by atoms with Gasteiger partial charge in [-0.2, -0.15) is 0 Å². The molecule has 3 saturated carbocycles. The highest BCUT2D eigenvalue weighted by molar-refractivity contribution is 5.31. The highest BCUT2D eigenvalue weighted by atomic mass is 16.5. The number of hydrogen-bond donors (Lipinski definition) is 0. The maximum Gasteiger partial charge on any atom is 0.108 e. The van der Waals surface area contributed by atoms with E-state index in [4.69, 9.17) is 9.47 Å². The summed E-state index contributed by atoms with van der Waals surface area (Å²) < 4.78 is 11.3. The Morgan fingerprint density at radius 1 is 1.10 bits per heavy atom. The van der Waals surface area contributed by atoms with Crippen molar-refractivity contribution in [2.45, 2.75) is 65.3 Å². The van der Waals surface area contributed by atoms with Crippen LogP contribution >= 0.6 is 0 Å². The van der Waals surface area contributed by atoms with Crippen LogP contribution in [-0.4, -0.2) is 49.5 Å². The minimum absolute atomic E-state index is 0.283. The van der Waals surface area contributed by atoms with Gasteiger partial charge in [-0.1, -0.05) is 11.8 Å². The van der Waals surface area contributed by atoms with Crippen LogP contribution in [0.4, 0.5) is 0 Å². The van der Waals surface area contributed by atoms with Crippen LogP contribution in [0.15, 0.2) is 0 Å². The van der Waals surface area contributed by atoms with E-state index in [2.05, 4.69) is 44.4 Å². The van der Waals surface area contributed by atoms with Gasteiger partial charge < -0.3 is 9.47 Å². The lowest BCUT2D eigenvalue weighted by Gasteiger charge is -2.70. The van der Waals surface area contributed by atoms with Gasteiger partial charge >= 0.3 is 0 Å². The molecule has 118 valence electrons. The lowest BCUT2D eigenvalue weighted by molar-refractivity contribution is -0.194. The van der Waals surface area contributed by atoms with Crippen LogP contribution < -0.4 is 0 Å². The topological polar surface area (TPSA) is 21.7 Å². The molecule has 21 heavy (non-hydrogen) atoms. The van der Waals surface area contributed by atoms with Gasteiger partial charge in [0.1, 0.15) is 6.61 Å². The summed E-state index contributed by atoms with van der Waals surface area (Å²) in [5, 5.41) is 0. The van der Waals surface area contributed by atoms with Gasteiger partial charge in [-0.25, -0.2) is 0 Å². The fourth-order valence-electron chi connectivity index (χ4n) is 4.33. The molecule has 0 N–H and O–H groups in total. The molecule has 0 aromatic heterocycles. The summed E-state index contributed by atoms with van der Waals surface area (Å²) in [6, 6.07) is 0. The molecule has 3 heteroatoms. The predicted octanol–water partition coefficient (Wildman–Crippen LogP) is 2.69. The Hall–Kier alpha value is -0.560. The van der Waals surface area contributed by atoms with Gasteiger partial charge in [0.2, 0.25) is 0 Å². The van der Waals surface area contributed by atoms with E-state index < -0.39 is 0 Å². The quantitative estimate of drug-likeness (QED) is 0.702. The number of ether oxygens (including phenoxy) is 2. The van der Waals surface area contributed by atoms with Crippen LogP contribution in [0.2, 0.25) is 0 Å². The summed E-state index contributed by atoms with van der Waals surface area (Å²) in [5.41, 5.74) is 0.954. The van der Waals surface area contributed by atoms with Crippen molar-refractivity contribution < 1.29 is 9.47 Å². The lowest BCUT2D eigenvalue weighted by atomic mass is 9.35. The predicted molar refractivity (Wildman–Crippen MR) is 84.0 cm³/mol. The Labute approximate surface area is 129 Å². The monoisotopic (exact) mass is 291 g/mol. The summed E-state index contributed by atoms with van der Waals surface area (Å²) in [4.78, 5) is 2.56. The molecule has 1 aliphatic heterocycles. The third-order valence-electron chi connectivity index (χ3n) is 4.93. The van der Waals surface area contributed by atoms with Crippen molar-refractivity contribution in [1.29, 1.82) is 0 Å². The fourth-order valence-corrected chi connectivity index (χ4v) is 4.33. The van der Waals surface area contributed by atoms with Crippen molar-refractivity contribution in [2.75, 3.05) is 26.2 Å². The molecule has 0 spiro atoms. The first-order valence-electron chi connectivity index (χ1n) is 8.40. The molecule has 1 heterocycles. The van der Waals surface area contributed by atoms with Crippen LogP contribution in [-0.2, 0) is 9.47 Å². The number of hydrogen-bond acceptors (Lipinski definition) is 3. The van der Waals surface area contributed by atoms with Crippen LogP contribution in [0.25, 0.3) is 0 Å². The first kappa shape index (κ1) is 15.3. The van der Waals surface area contributed by atoms with E-state index in [1.165, 1.54) is 25.8 Å². The normalized spacial score (nSPS) is 35.0. The molecule has 0 amide bonds. The summed E-state index contributed by atoms with van der Waals surface area (Å²) in [6.45, 7) is 12.5. The van der Waals surface area contributed by atoms with Crippen molar-refractivity contribution in [3.8, 4) is 11.8 Å². The summed E-state index contributed by atoms with van der Waals surface area (Å²) in [5.74, 6) is 6.69. The van der Waals surface area contributed by atoms with Crippen LogP contribution in [0.5, 0.6) is 0 Å². The number of nitrogens with zero attached hydrogens (tertiary/aromatic N) is 1. The second kappa shape index (κ2) is 5.57. The zero-order valence-electron chi connectivity index (χ0n) is 13.9. The molecule has 0 aromatic carbocycles. The molecule has 0 atom stereocenters. The third kappa shape index (κ3) is 3.28. The van der Waals surface area contributed by atoms with Gasteiger partial charge in [0.25, 0.3) is 0 Å². The zero-order chi connectivity index (χ0) is 15.1. The molecule has 0 radical (unpaired) electrons. The van der Waals surface area contributed by atoms with Crippen molar-refractivity contribution >= 4 is 0 Å². The Kier molecular flexibility index (Phi) is 4.07. The minimum Gasteiger partial charge on any atom is -0.373 e. The van der Waals surface area contributed by atoms with Crippen molar-refractivity contribution in [1.82, 2.24) is 4.90 Å². The van der Waals surface area contributed by atoms with E-state index >= 15 is 0 Å². The summed E-state index contributed by atoms with van der Waals surface area (Å²) in [6.07, 6.45) is 5.03. The van der Waals surface area contributed by atoms with Crippen molar-refractivity contribution in [2.24, 2.45) is 10.8 Å². The summed E-state index contributed by atoms with van der Waals surface area (Å²) in [7, 11) is 0. The first-order valence-corrected chi connectivity index (χ1v) is 8.40. The van der Waals surface area contributed by atoms with Crippen LogP contribution in [0.1, 0.15) is 47.0 Å². The van der Waals surface area contributed by atoms with E-state index in [-0.39, 0.29) is 6.10 Å². The molecule has 1 saturated heterocycles. The average molecular weight is 291 g/mol. The molecule has 4 rings (SSSR count). The zero-order valence-corrected chi connectivity index (χ0v) is 13.9. The van der Waals surface area contributed by atoms with Crippen molar-refractivity contribution in [3.05, 3.63) is 0 Å². The first-order chi connectivity index (χ1) is 9.90. The summed E-state index contributed by atoms with van der Waals surface area (Å²) >= 11 is 0. The molecule has 4 fully saturated rings. The highest BCUT2D eigenvalue weighted by Crippen LogP contribution is 2.73. The lowest BCUT2D eigenvalue weighted by Crippen LogP contribution is -2.67. The van der Waals surface area contributed by atoms with E-state index in [0.717, 1.165) is 13.1 Å². The van der Waals surface area contributed by atoms with Crippen LogP contribution in [0, 0.1) is 22.7 Å². The molecule has 2 bridgehead atoms. The SMILES string of the molecule is CC(C)OCC#CC12CC(CN3CC(OC(C)C)C3)(C1)C2. The van der Waals surface area contributed by atoms with E-state index in [9.17, 15) is 0 Å². The maximum atomic E-state index is 5.82. The fraction of sp³-hybridized carbons (Fsp3) is 0.889. The van der Waals surface area contributed by atoms with Gasteiger partial charge in [0.15, 0.2) is 0 Å². The Morgan fingerprint density at radius 3 is 2.33 bits per heavy atom. The Morgan fingerprint density at radius 2 is 1.76 bits per heavy atom. The number of rotatable bonds is 6. The molecular formula is C18H29NO2. The van der Waals surface area contributed by atoms with E-state index in [1.807, 2.05) is 0 Å². The van der Waals surface area contributed by atoms with Gasteiger partial charge in [-0.05, 0) is 52.4 Å². The average Bonchev–Trinajstić information content (AvgIpc) is 2.24. The second-order valence-corrected chi connectivity index (χ2v) is 7.97. The molecule has 3 aliphatic carbocycles. The number of likely N-dealkylation sites (tertiary alicyclic amines) is 1. The minimum atomic E-state index is 0.283. The van der Waals surface area contributed by atoms with E-state index in [1.54, 1.807) is 0 Å². The molecular weight excluding hydrogens is 262 g/mol.